The van der Waals surface area contributed by atoms with E-state index in [1.165, 1.54) is 10.9 Å². The Hall–Kier alpha value is -1.88. The van der Waals surface area contributed by atoms with Gasteiger partial charge in [-0.1, -0.05) is 0 Å². The SMILES string of the molecule is Nc1nnnc2c1ncn2[C@@H]1O[C@H](CO)C(O)C1O. The van der Waals surface area contributed by atoms with Gasteiger partial charge in [0.15, 0.2) is 23.2 Å². The zero-order valence-electron chi connectivity index (χ0n) is 9.66. The molecule has 0 saturated carbocycles. The zero-order valence-corrected chi connectivity index (χ0v) is 9.66. The first-order valence-electron chi connectivity index (χ1n) is 5.57. The maximum Gasteiger partial charge on any atom is 0.190 e. The predicted octanol–water partition coefficient (Wildman–Crippen LogP) is -2.58. The van der Waals surface area contributed by atoms with Crippen LogP contribution < -0.4 is 5.73 Å². The van der Waals surface area contributed by atoms with Crippen molar-refractivity contribution in [2.24, 2.45) is 0 Å². The molecule has 4 atom stereocenters. The Morgan fingerprint density at radius 2 is 2.11 bits per heavy atom. The van der Waals surface area contributed by atoms with Crippen LogP contribution in [0.3, 0.4) is 0 Å². The van der Waals surface area contributed by atoms with Crippen molar-refractivity contribution >= 4 is 17.0 Å². The first-order chi connectivity index (χ1) is 9.13. The number of aliphatic hydroxyl groups excluding tert-OH is 3. The first-order valence-corrected chi connectivity index (χ1v) is 5.57. The molecule has 1 aliphatic heterocycles. The molecule has 0 spiro atoms. The van der Waals surface area contributed by atoms with Gasteiger partial charge in [0.2, 0.25) is 0 Å². The Labute approximate surface area is 106 Å². The lowest BCUT2D eigenvalue weighted by Gasteiger charge is -2.15. The number of nitrogen functional groups attached to an aromatic ring is 1. The molecule has 10 heteroatoms. The van der Waals surface area contributed by atoms with E-state index in [1.54, 1.807) is 0 Å². The van der Waals surface area contributed by atoms with Gasteiger partial charge in [0.25, 0.3) is 0 Å². The summed E-state index contributed by atoms with van der Waals surface area (Å²) in [4.78, 5) is 4.01. The molecule has 0 radical (unpaired) electrons. The van der Waals surface area contributed by atoms with Gasteiger partial charge in [-0.3, -0.25) is 4.57 Å². The van der Waals surface area contributed by atoms with Crippen molar-refractivity contribution in [1.29, 1.82) is 0 Å². The van der Waals surface area contributed by atoms with Gasteiger partial charge in [-0.05, 0) is 5.21 Å². The normalized spacial score (nSPS) is 31.1. The van der Waals surface area contributed by atoms with Gasteiger partial charge in [0, 0.05) is 0 Å². The monoisotopic (exact) mass is 268 g/mol. The topological polar surface area (TPSA) is 152 Å². The van der Waals surface area contributed by atoms with Crippen LogP contribution in [0.5, 0.6) is 0 Å². The summed E-state index contributed by atoms with van der Waals surface area (Å²) in [5.41, 5.74) is 6.21. The van der Waals surface area contributed by atoms with Crippen molar-refractivity contribution in [3.63, 3.8) is 0 Å². The molecule has 3 heterocycles. The summed E-state index contributed by atoms with van der Waals surface area (Å²) in [5.74, 6) is 0.107. The van der Waals surface area contributed by atoms with E-state index < -0.39 is 31.1 Å². The van der Waals surface area contributed by atoms with Crippen LogP contribution in [-0.2, 0) is 4.74 Å². The summed E-state index contributed by atoms with van der Waals surface area (Å²) in [7, 11) is 0. The molecule has 2 aromatic rings. The molecule has 1 saturated heterocycles. The van der Waals surface area contributed by atoms with Crippen LogP contribution in [0.1, 0.15) is 6.23 Å². The fourth-order valence-electron chi connectivity index (χ4n) is 2.09. The molecule has 0 aromatic carbocycles. The number of aromatic nitrogens is 5. The second-order valence-corrected chi connectivity index (χ2v) is 4.23. The van der Waals surface area contributed by atoms with E-state index in [0.717, 1.165) is 0 Å². The summed E-state index contributed by atoms with van der Waals surface area (Å²) in [5, 5.41) is 39.5. The van der Waals surface area contributed by atoms with Gasteiger partial charge in [-0.25, -0.2) is 4.98 Å². The highest BCUT2D eigenvalue weighted by atomic mass is 16.6. The highest BCUT2D eigenvalue weighted by Gasteiger charge is 2.44. The molecule has 0 bridgehead atoms. The summed E-state index contributed by atoms with van der Waals surface area (Å²) in [6, 6.07) is 0. The van der Waals surface area contributed by atoms with Crippen LogP contribution in [0, 0.1) is 0 Å². The summed E-state index contributed by atoms with van der Waals surface area (Å²) in [6.45, 7) is -0.406. The van der Waals surface area contributed by atoms with Gasteiger partial charge in [0.05, 0.1) is 12.9 Å². The van der Waals surface area contributed by atoms with E-state index >= 15 is 0 Å². The molecule has 0 amide bonds. The van der Waals surface area contributed by atoms with Crippen molar-refractivity contribution in [2.75, 3.05) is 12.3 Å². The lowest BCUT2D eigenvalue weighted by Crippen LogP contribution is -2.33. The smallest absolute Gasteiger partial charge is 0.190 e. The zero-order chi connectivity index (χ0) is 13.6. The van der Waals surface area contributed by atoms with Crippen LogP contribution >= 0.6 is 0 Å². The van der Waals surface area contributed by atoms with E-state index in [2.05, 4.69) is 20.4 Å². The summed E-state index contributed by atoms with van der Waals surface area (Å²) >= 11 is 0. The predicted molar refractivity (Wildman–Crippen MR) is 60.5 cm³/mol. The molecule has 2 aromatic heterocycles. The maximum atomic E-state index is 9.93. The fourth-order valence-corrected chi connectivity index (χ4v) is 2.09. The Morgan fingerprint density at radius 3 is 2.79 bits per heavy atom. The number of rotatable bonds is 2. The lowest BCUT2D eigenvalue weighted by atomic mass is 10.1. The average Bonchev–Trinajstić information content (AvgIpc) is 2.94. The average molecular weight is 268 g/mol. The minimum absolute atomic E-state index is 0.107. The van der Waals surface area contributed by atoms with E-state index in [0.29, 0.717) is 5.52 Å². The number of hydrogen-bond acceptors (Lipinski definition) is 9. The van der Waals surface area contributed by atoms with Crippen molar-refractivity contribution in [2.45, 2.75) is 24.5 Å². The molecular weight excluding hydrogens is 256 g/mol. The Morgan fingerprint density at radius 1 is 1.32 bits per heavy atom. The minimum Gasteiger partial charge on any atom is -0.394 e. The van der Waals surface area contributed by atoms with Crippen LogP contribution in [0.2, 0.25) is 0 Å². The second-order valence-electron chi connectivity index (χ2n) is 4.23. The molecule has 5 N–H and O–H groups in total. The Balaban J connectivity index is 2.04. The molecule has 102 valence electrons. The van der Waals surface area contributed by atoms with Crippen molar-refractivity contribution in [3.8, 4) is 0 Å². The first kappa shape index (κ1) is 12.2. The number of imidazole rings is 1. The maximum absolute atomic E-state index is 9.93. The summed E-state index contributed by atoms with van der Waals surface area (Å²) < 4.78 is 6.76. The van der Waals surface area contributed by atoms with Crippen molar-refractivity contribution in [3.05, 3.63) is 6.33 Å². The fraction of sp³-hybridized carbons (Fsp3) is 0.556. The number of aliphatic hydroxyl groups is 3. The molecule has 1 fully saturated rings. The highest BCUT2D eigenvalue weighted by molar-refractivity contribution is 5.80. The minimum atomic E-state index is -1.22. The van der Waals surface area contributed by atoms with Crippen molar-refractivity contribution in [1.82, 2.24) is 25.0 Å². The Kier molecular flexibility index (Phi) is 2.78. The van der Waals surface area contributed by atoms with Crippen LogP contribution in [0.4, 0.5) is 5.82 Å². The van der Waals surface area contributed by atoms with E-state index in [4.69, 9.17) is 15.6 Å². The standard InChI is InChI=1S/C9H12N6O4/c10-7-4-8(13-14-12-7)15(2-11-4)9-6(18)5(17)3(1-16)19-9/h2-3,5-6,9,16-18H,1H2,(H2,10,12,13)/t3-,5?,6?,9-/m1/s1. The highest BCUT2D eigenvalue weighted by Crippen LogP contribution is 2.31. The van der Waals surface area contributed by atoms with Gasteiger partial charge in [-0.15, -0.1) is 10.2 Å². The number of ether oxygens (including phenoxy) is 1. The molecule has 0 aliphatic carbocycles. The quantitative estimate of drug-likeness (QED) is 0.459. The number of nitrogens with two attached hydrogens (primary N) is 1. The van der Waals surface area contributed by atoms with Crippen molar-refractivity contribution < 1.29 is 20.1 Å². The van der Waals surface area contributed by atoms with E-state index in [9.17, 15) is 10.2 Å². The van der Waals surface area contributed by atoms with Gasteiger partial charge < -0.3 is 25.8 Å². The largest absolute Gasteiger partial charge is 0.394 e. The molecule has 19 heavy (non-hydrogen) atoms. The van der Waals surface area contributed by atoms with Crippen LogP contribution in [-0.4, -0.2) is 65.2 Å². The van der Waals surface area contributed by atoms with Gasteiger partial charge in [0.1, 0.15) is 18.3 Å². The molecule has 10 nitrogen and oxygen atoms in total. The van der Waals surface area contributed by atoms with Gasteiger partial charge in [-0.2, -0.15) is 0 Å². The summed E-state index contributed by atoms with van der Waals surface area (Å²) in [6.07, 6.45) is -2.85. The van der Waals surface area contributed by atoms with Gasteiger partial charge >= 0.3 is 0 Å². The molecule has 3 rings (SSSR count). The Bertz CT molecular complexity index is 603. The third-order valence-electron chi connectivity index (χ3n) is 3.09. The molecule has 2 unspecified atom stereocenters. The van der Waals surface area contributed by atoms with Crippen LogP contribution in [0.25, 0.3) is 11.2 Å². The third kappa shape index (κ3) is 1.73. The van der Waals surface area contributed by atoms with E-state index in [1.807, 2.05) is 0 Å². The number of fused-ring (bicyclic) bond motifs is 1. The third-order valence-corrected chi connectivity index (χ3v) is 3.09. The lowest BCUT2D eigenvalue weighted by molar-refractivity contribution is -0.0511. The molecule has 1 aliphatic rings. The van der Waals surface area contributed by atoms with E-state index in [-0.39, 0.29) is 11.5 Å². The number of anilines is 1. The number of nitrogens with zero attached hydrogens (tertiary/aromatic N) is 5. The number of hydrogen-bond donors (Lipinski definition) is 4. The van der Waals surface area contributed by atoms with Crippen LogP contribution in [0.15, 0.2) is 6.33 Å². The molecular formula is C9H12N6O4. The second kappa shape index (κ2) is 4.35.